The molecule has 2 aliphatic rings. The third-order valence-corrected chi connectivity index (χ3v) is 15.7. The molecule has 64 heavy (non-hydrogen) atoms. The lowest BCUT2D eigenvalue weighted by atomic mass is 9.58. The maximum Gasteiger partial charge on any atom is 0.197 e. The second kappa shape index (κ2) is 12.8. The Morgan fingerprint density at radius 2 is 1.28 bits per heavy atom. The summed E-state index contributed by atoms with van der Waals surface area (Å²) in [7, 11) is 2.45. The van der Waals surface area contributed by atoms with Crippen LogP contribution in [-0.4, -0.2) is 11.8 Å². The van der Waals surface area contributed by atoms with E-state index in [1.54, 1.807) is 0 Å². The molecule has 5 heteroatoms. The molecule has 1 N–H and O–H groups in total. The molecule has 0 saturated heterocycles. The van der Waals surface area contributed by atoms with Gasteiger partial charge in [-0.15, -0.1) is 11.3 Å². The highest BCUT2D eigenvalue weighted by Crippen LogP contribution is 2.53. The van der Waals surface area contributed by atoms with Crippen LogP contribution in [0.4, 0.5) is 11.4 Å². The minimum absolute atomic E-state index is 0.0386. The van der Waals surface area contributed by atoms with E-state index in [9.17, 15) is 0 Å². The zero-order valence-corrected chi connectivity index (χ0v) is 38.4. The molecule has 0 atom stereocenters. The van der Waals surface area contributed by atoms with Gasteiger partial charge in [-0.1, -0.05) is 146 Å². The fraction of sp³-hybridized carbons (Fsp3) is 0.186. The van der Waals surface area contributed by atoms with E-state index in [0.717, 1.165) is 39.0 Å². The Balaban J connectivity index is 1.10. The third kappa shape index (κ3) is 5.34. The van der Waals surface area contributed by atoms with E-state index in [1.807, 2.05) is 11.3 Å². The zero-order valence-electron chi connectivity index (χ0n) is 37.6. The molecule has 11 aromatic rings. The first kappa shape index (κ1) is 38.0. The molecule has 0 fully saturated rings. The highest BCUT2D eigenvalue weighted by atomic mass is 32.1. The van der Waals surface area contributed by atoms with Crippen LogP contribution in [0.3, 0.4) is 0 Å². The van der Waals surface area contributed by atoms with Crippen LogP contribution in [-0.2, 0) is 16.2 Å². The summed E-state index contributed by atoms with van der Waals surface area (Å²) in [4.78, 5) is 0. The lowest BCUT2D eigenvalue weighted by Crippen LogP contribution is -2.37. The Labute approximate surface area is 378 Å². The summed E-state index contributed by atoms with van der Waals surface area (Å²) in [5.74, 6) is 0. The van der Waals surface area contributed by atoms with Crippen LogP contribution < -0.4 is 16.2 Å². The van der Waals surface area contributed by atoms with Crippen LogP contribution in [0.1, 0.15) is 77.6 Å². The minimum Gasteiger partial charge on any atom is -0.456 e. The number of hydrogen-bond acceptors (Lipinski definition) is 3. The Morgan fingerprint density at radius 1 is 0.547 bits per heavy atom. The Hall–Kier alpha value is -6.56. The van der Waals surface area contributed by atoms with E-state index >= 15 is 0 Å². The van der Waals surface area contributed by atoms with Crippen LogP contribution in [0.25, 0.3) is 91.9 Å². The first-order valence-corrected chi connectivity index (χ1v) is 23.5. The van der Waals surface area contributed by atoms with Crippen molar-refractivity contribution < 1.29 is 4.42 Å². The summed E-state index contributed by atoms with van der Waals surface area (Å²) in [6, 6.07) is 52.8. The second-order valence-corrected chi connectivity index (χ2v) is 22.0. The summed E-state index contributed by atoms with van der Waals surface area (Å²) in [6.45, 7) is 18.6. The number of aromatic nitrogens is 1. The Kier molecular flexibility index (Phi) is 7.59. The fourth-order valence-electron chi connectivity index (χ4n) is 11.0. The third-order valence-electron chi connectivity index (χ3n) is 14.5. The number of nitrogens with one attached hydrogen (secondary N) is 1. The molecule has 1 radical (unpaired) electrons. The van der Waals surface area contributed by atoms with Crippen LogP contribution in [0.15, 0.2) is 144 Å². The zero-order chi connectivity index (χ0) is 43.6. The van der Waals surface area contributed by atoms with E-state index in [-0.39, 0.29) is 16.2 Å². The summed E-state index contributed by atoms with van der Waals surface area (Å²) in [6.07, 6.45) is 0. The van der Waals surface area contributed by atoms with Crippen molar-refractivity contribution in [2.75, 3.05) is 5.32 Å². The van der Waals surface area contributed by atoms with Crippen molar-refractivity contribution in [1.82, 2.24) is 4.57 Å². The number of hydrogen-bond donors (Lipinski definition) is 1. The topological polar surface area (TPSA) is 30.1 Å². The average molecular weight is 844 g/mol. The van der Waals surface area contributed by atoms with E-state index in [1.165, 1.54) is 97.4 Å². The lowest BCUT2D eigenvalue weighted by molar-refractivity contribution is 0.589. The molecule has 1 aliphatic carbocycles. The minimum atomic E-state index is -0.183. The van der Waals surface area contributed by atoms with E-state index in [0.29, 0.717) is 0 Å². The molecule has 13 rings (SSSR count). The molecule has 0 saturated carbocycles. The normalized spacial score (nSPS) is 14.2. The monoisotopic (exact) mass is 843 g/mol. The molecule has 3 aromatic heterocycles. The van der Waals surface area contributed by atoms with E-state index in [2.05, 4.69) is 212 Å². The molecule has 309 valence electrons. The van der Waals surface area contributed by atoms with Gasteiger partial charge in [0.25, 0.3) is 0 Å². The second-order valence-electron chi connectivity index (χ2n) is 20.9. The molecule has 0 unspecified atom stereocenters. The van der Waals surface area contributed by atoms with Crippen molar-refractivity contribution >= 4 is 105 Å². The summed E-state index contributed by atoms with van der Waals surface area (Å²) in [5, 5.41) is 11.4. The predicted octanol–water partition coefficient (Wildman–Crippen LogP) is 15.3. The van der Waals surface area contributed by atoms with Gasteiger partial charge >= 0.3 is 0 Å². The van der Waals surface area contributed by atoms with Gasteiger partial charge in [0, 0.05) is 81.3 Å². The van der Waals surface area contributed by atoms with Crippen LogP contribution in [0, 0.1) is 0 Å². The largest absolute Gasteiger partial charge is 0.456 e. The van der Waals surface area contributed by atoms with Gasteiger partial charge in [-0.05, 0) is 104 Å². The number of nitrogens with zero attached hydrogens (tertiary/aromatic N) is 1. The molecule has 0 spiro atoms. The highest BCUT2D eigenvalue weighted by molar-refractivity contribution is 7.25. The predicted molar refractivity (Wildman–Crippen MR) is 276 cm³/mol. The molecular weight excluding hydrogens is 796 g/mol. The Morgan fingerprint density at radius 3 is 2.08 bits per heavy atom. The number of thiophene rings is 1. The molecular formula is C59H48BN2OS. The molecule has 0 amide bonds. The van der Waals surface area contributed by atoms with Gasteiger partial charge in [-0.2, -0.15) is 0 Å². The van der Waals surface area contributed by atoms with Crippen molar-refractivity contribution in [3.05, 3.63) is 162 Å². The first-order chi connectivity index (χ1) is 30.7. The number of para-hydroxylation sites is 1. The van der Waals surface area contributed by atoms with Gasteiger partial charge < -0.3 is 14.3 Å². The maximum absolute atomic E-state index is 6.58. The van der Waals surface area contributed by atoms with Crippen molar-refractivity contribution in [2.45, 2.75) is 71.6 Å². The van der Waals surface area contributed by atoms with Gasteiger partial charge in [0.2, 0.25) is 0 Å². The fourth-order valence-corrected chi connectivity index (χ4v) is 12.1. The number of benzene rings is 8. The van der Waals surface area contributed by atoms with Crippen LogP contribution >= 0.6 is 11.3 Å². The molecule has 8 aromatic carbocycles. The lowest BCUT2D eigenvalue weighted by Gasteiger charge is -2.26. The smallest absolute Gasteiger partial charge is 0.197 e. The SMILES string of the molecule is CC(C)(C)c1ccc(Nc2cc3c(cc2-c2ccc4c5cc6sc7ccccc7c6cc5n5c4c2[B]c2cc4c(cc2-5)oc2ccccc24)C(C)(C)c2ccc(C(C)(C)C)cc2-3)cc1. The van der Waals surface area contributed by atoms with Gasteiger partial charge in [-0.25, -0.2) is 0 Å². The summed E-state index contributed by atoms with van der Waals surface area (Å²) >= 11 is 1.88. The number of fused-ring (bicyclic) bond motifs is 14. The number of rotatable bonds is 3. The molecule has 1 aliphatic heterocycles. The van der Waals surface area contributed by atoms with Crippen LogP contribution in [0.2, 0.25) is 0 Å². The van der Waals surface area contributed by atoms with Gasteiger partial charge in [0.15, 0.2) is 7.28 Å². The number of anilines is 2. The molecule has 3 nitrogen and oxygen atoms in total. The quantitative estimate of drug-likeness (QED) is 0.180. The molecule has 4 heterocycles. The van der Waals surface area contributed by atoms with Gasteiger partial charge in [0.1, 0.15) is 11.2 Å². The van der Waals surface area contributed by atoms with Gasteiger partial charge in [-0.3, -0.25) is 0 Å². The Bertz CT molecular complexity index is 3830. The van der Waals surface area contributed by atoms with E-state index < -0.39 is 0 Å². The standard InChI is InChI=1S/C59H48BN2OS/c1-57(2,3)32-17-20-34(21-18-32)61-48-28-40-39-25-33(58(4,5)6)19-24-45(39)59(7,8)46(40)26-41(48)37-22-23-38-42-30-54-44(36-14-10-12-16-53(36)64-54)29-49(42)62-50-31-52-43(27-47(50)60-55(37)56(38)62)35-13-9-11-15-51(35)63-52/h9-31,61H,1-8H3. The molecule has 0 bridgehead atoms. The highest BCUT2D eigenvalue weighted by Gasteiger charge is 2.38. The summed E-state index contributed by atoms with van der Waals surface area (Å²) in [5.41, 5.74) is 20.4. The maximum atomic E-state index is 6.58. The van der Waals surface area contributed by atoms with Crippen molar-refractivity contribution in [1.29, 1.82) is 0 Å². The van der Waals surface area contributed by atoms with Gasteiger partial charge in [0.05, 0.1) is 5.52 Å². The van der Waals surface area contributed by atoms with Crippen molar-refractivity contribution in [3.8, 4) is 27.9 Å². The number of furan rings is 1. The summed E-state index contributed by atoms with van der Waals surface area (Å²) < 4.78 is 11.7. The van der Waals surface area contributed by atoms with Crippen molar-refractivity contribution in [2.24, 2.45) is 0 Å². The van der Waals surface area contributed by atoms with E-state index in [4.69, 9.17) is 4.42 Å². The van der Waals surface area contributed by atoms with Crippen LogP contribution in [0.5, 0.6) is 0 Å². The first-order valence-electron chi connectivity index (χ1n) is 22.7. The average Bonchev–Trinajstić information content (AvgIpc) is 3.98. The van der Waals surface area contributed by atoms with Crippen molar-refractivity contribution in [3.63, 3.8) is 0 Å².